The van der Waals surface area contributed by atoms with E-state index in [2.05, 4.69) is 20.8 Å². The quantitative estimate of drug-likeness (QED) is 0.869. The molecule has 0 fully saturated rings. The van der Waals surface area contributed by atoms with Crippen LogP contribution in [0.15, 0.2) is 42.5 Å². The van der Waals surface area contributed by atoms with Crippen molar-refractivity contribution in [2.24, 2.45) is 0 Å². The van der Waals surface area contributed by atoms with E-state index in [9.17, 15) is 9.90 Å². The molecule has 0 radical (unpaired) electrons. The molecule has 0 aromatic heterocycles. The average Bonchev–Trinajstić information content (AvgIpc) is 2.45. The monoisotopic (exact) mass is 284 g/mol. The van der Waals surface area contributed by atoms with Gasteiger partial charge in [-0.1, -0.05) is 26.8 Å². The summed E-state index contributed by atoms with van der Waals surface area (Å²) in [4.78, 5) is 12.4. The van der Waals surface area contributed by atoms with Crippen molar-refractivity contribution < 1.29 is 14.6 Å². The van der Waals surface area contributed by atoms with E-state index in [1.165, 1.54) is 0 Å². The molecule has 0 heterocycles. The maximum Gasteiger partial charge on any atom is 0.196 e. The van der Waals surface area contributed by atoms with Crippen molar-refractivity contribution in [2.75, 3.05) is 7.11 Å². The molecule has 0 aliphatic rings. The summed E-state index contributed by atoms with van der Waals surface area (Å²) in [6.07, 6.45) is 0. The third-order valence-electron chi connectivity index (χ3n) is 3.46. The van der Waals surface area contributed by atoms with Crippen molar-refractivity contribution in [3.63, 3.8) is 0 Å². The van der Waals surface area contributed by atoms with E-state index in [1.54, 1.807) is 43.5 Å². The summed E-state index contributed by atoms with van der Waals surface area (Å²) in [7, 11) is 1.58. The second-order valence-corrected chi connectivity index (χ2v) is 6.04. The number of carbonyl (C=O) groups is 1. The number of rotatable bonds is 3. The summed E-state index contributed by atoms with van der Waals surface area (Å²) < 4.78 is 5.07. The van der Waals surface area contributed by atoms with Crippen molar-refractivity contribution in [1.29, 1.82) is 0 Å². The fourth-order valence-corrected chi connectivity index (χ4v) is 2.09. The fourth-order valence-electron chi connectivity index (χ4n) is 2.09. The van der Waals surface area contributed by atoms with Crippen molar-refractivity contribution in [3.8, 4) is 11.5 Å². The molecule has 0 bridgehead atoms. The first-order valence-corrected chi connectivity index (χ1v) is 6.85. The molecule has 0 atom stereocenters. The van der Waals surface area contributed by atoms with Crippen LogP contribution in [-0.2, 0) is 5.41 Å². The van der Waals surface area contributed by atoms with Crippen LogP contribution >= 0.6 is 0 Å². The molecule has 0 amide bonds. The number of hydrogen-bond acceptors (Lipinski definition) is 3. The number of phenolic OH excluding ortho intramolecular Hbond substituents is 1. The van der Waals surface area contributed by atoms with Crippen LogP contribution in [0.2, 0.25) is 0 Å². The van der Waals surface area contributed by atoms with Crippen LogP contribution < -0.4 is 4.74 Å². The molecule has 0 saturated carbocycles. The predicted octanol–water partition coefficient (Wildman–Crippen LogP) is 3.93. The molecule has 110 valence electrons. The SMILES string of the molecule is COc1ccc(C(=O)c2ccc(C(C)(C)C)cc2O)cc1. The maximum absolute atomic E-state index is 12.4. The van der Waals surface area contributed by atoms with Crippen LogP contribution in [0.4, 0.5) is 0 Å². The highest BCUT2D eigenvalue weighted by molar-refractivity contribution is 6.10. The Kier molecular flexibility index (Phi) is 4.03. The molecule has 0 aliphatic carbocycles. The summed E-state index contributed by atoms with van der Waals surface area (Å²) in [5.74, 6) is 0.512. The van der Waals surface area contributed by atoms with Gasteiger partial charge in [0.2, 0.25) is 0 Å². The number of ether oxygens (including phenoxy) is 1. The van der Waals surface area contributed by atoms with Crippen molar-refractivity contribution in [2.45, 2.75) is 26.2 Å². The van der Waals surface area contributed by atoms with E-state index in [-0.39, 0.29) is 16.9 Å². The lowest BCUT2D eigenvalue weighted by atomic mass is 9.86. The normalized spacial score (nSPS) is 11.2. The first-order chi connectivity index (χ1) is 9.82. The Labute approximate surface area is 125 Å². The molecule has 0 aliphatic heterocycles. The van der Waals surface area contributed by atoms with Crippen molar-refractivity contribution in [3.05, 3.63) is 59.2 Å². The molecule has 2 aromatic carbocycles. The highest BCUT2D eigenvalue weighted by Gasteiger charge is 2.18. The molecule has 0 unspecified atom stereocenters. The number of carbonyl (C=O) groups excluding carboxylic acids is 1. The smallest absolute Gasteiger partial charge is 0.196 e. The second kappa shape index (κ2) is 5.60. The minimum absolute atomic E-state index is 0.0169. The highest BCUT2D eigenvalue weighted by Crippen LogP contribution is 2.29. The lowest BCUT2D eigenvalue weighted by Crippen LogP contribution is -2.11. The molecule has 1 N–H and O–H groups in total. The largest absolute Gasteiger partial charge is 0.507 e. The third kappa shape index (κ3) is 3.24. The fraction of sp³-hybridized carbons (Fsp3) is 0.278. The molecule has 0 spiro atoms. The molecule has 0 saturated heterocycles. The van der Waals surface area contributed by atoms with Crippen LogP contribution in [0.3, 0.4) is 0 Å². The van der Waals surface area contributed by atoms with E-state index >= 15 is 0 Å². The van der Waals surface area contributed by atoms with Gasteiger partial charge in [-0.15, -0.1) is 0 Å². The Bertz CT molecular complexity index is 649. The van der Waals surface area contributed by atoms with Gasteiger partial charge in [0, 0.05) is 5.56 Å². The molecular formula is C18H20O3. The van der Waals surface area contributed by atoms with Crippen LogP contribution in [0.1, 0.15) is 42.3 Å². The lowest BCUT2D eigenvalue weighted by Gasteiger charge is -2.19. The first kappa shape index (κ1) is 15.1. The van der Waals surface area contributed by atoms with E-state index in [4.69, 9.17) is 4.74 Å². The Morgan fingerprint density at radius 2 is 1.67 bits per heavy atom. The first-order valence-electron chi connectivity index (χ1n) is 6.85. The number of hydrogen-bond donors (Lipinski definition) is 1. The van der Waals surface area contributed by atoms with E-state index in [0.29, 0.717) is 16.9 Å². The summed E-state index contributed by atoms with van der Waals surface area (Å²) in [6, 6.07) is 12.1. The summed E-state index contributed by atoms with van der Waals surface area (Å²) in [5, 5.41) is 10.1. The summed E-state index contributed by atoms with van der Waals surface area (Å²) in [5.41, 5.74) is 1.76. The Morgan fingerprint density at radius 1 is 1.05 bits per heavy atom. The van der Waals surface area contributed by atoms with Gasteiger partial charge in [0.05, 0.1) is 12.7 Å². The maximum atomic E-state index is 12.4. The highest BCUT2D eigenvalue weighted by atomic mass is 16.5. The van der Waals surface area contributed by atoms with Gasteiger partial charge < -0.3 is 9.84 Å². The van der Waals surface area contributed by atoms with Gasteiger partial charge >= 0.3 is 0 Å². The van der Waals surface area contributed by atoms with Gasteiger partial charge in [0.1, 0.15) is 11.5 Å². The topological polar surface area (TPSA) is 46.5 Å². The van der Waals surface area contributed by atoms with Gasteiger partial charge in [-0.05, 0) is 47.4 Å². The summed E-state index contributed by atoms with van der Waals surface area (Å²) in [6.45, 7) is 6.19. The van der Waals surface area contributed by atoms with Crippen LogP contribution in [0, 0.1) is 0 Å². The lowest BCUT2D eigenvalue weighted by molar-refractivity contribution is 0.103. The standard InChI is InChI=1S/C18H20O3/c1-18(2,3)13-7-10-15(16(19)11-13)17(20)12-5-8-14(21-4)9-6-12/h5-11,19H,1-4H3. The van der Waals surface area contributed by atoms with E-state index in [0.717, 1.165) is 5.56 Å². The Balaban J connectivity index is 2.35. The predicted molar refractivity (Wildman–Crippen MR) is 83.2 cm³/mol. The molecule has 3 nitrogen and oxygen atoms in total. The van der Waals surface area contributed by atoms with Gasteiger partial charge in [-0.3, -0.25) is 4.79 Å². The zero-order chi connectivity index (χ0) is 15.6. The van der Waals surface area contributed by atoms with Gasteiger partial charge in [-0.25, -0.2) is 0 Å². The second-order valence-electron chi connectivity index (χ2n) is 6.04. The van der Waals surface area contributed by atoms with Crippen molar-refractivity contribution in [1.82, 2.24) is 0 Å². The zero-order valence-electron chi connectivity index (χ0n) is 12.8. The number of phenols is 1. The summed E-state index contributed by atoms with van der Waals surface area (Å²) >= 11 is 0. The third-order valence-corrected chi connectivity index (χ3v) is 3.46. The molecule has 2 rings (SSSR count). The molecule has 2 aromatic rings. The molecule has 21 heavy (non-hydrogen) atoms. The van der Waals surface area contributed by atoms with Crippen LogP contribution in [-0.4, -0.2) is 18.0 Å². The van der Waals surface area contributed by atoms with Crippen molar-refractivity contribution >= 4 is 5.78 Å². The molecular weight excluding hydrogens is 264 g/mol. The number of benzene rings is 2. The average molecular weight is 284 g/mol. The zero-order valence-corrected chi connectivity index (χ0v) is 12.8. The van der Waals surface area contributed by atoms with Gasteiger partial charge in [0.15, 0.2) is 5.78 Å². The van der Waals surface area contributed by atoms with E-state index in [1.807, 2.05) is 6.07 Å². The minimum Gasteiger partial charge on any atom is -0.507 e. The van der Waals surface area contributed by atoms with Crippen LogP contribution in [0.25, 0.3) is 0 Å². The minimum atomic E-state index is -0.199. The number of aromatic hydroxyl groups is 1. The van der Waals surface area contributed by atoms with E-state index < -0.39 is 0 Å². The Morgan fingerprint density at radius 3 is 2.14 bits per heavy atom. The van der Waals surface area contributed by atoms with Crippen LogP contribution in [0.5, 0.6) is 11.5 Å². The molecule has 3 heteroatoms. The number of methoxy groups -OCH3 is 1. The van der Waals surface area contributed by atoms with Gasteiger partial charge in [-0.2, -0.15) is 0 Å². The Hall–Kier alpha value is -2.29. The number of ketones is 1. The van der Waals surface area contributed by atoms with Gasteiger partial charge in [0.25, 0.3) is 0 Å².